The van der Waals surface area contributed by atoms with E-state index < -0.39 is 15.7 Å². The van der Waals surface area contributed by atoms with E-state index in [1.807, 2.05) is 38.1 Å². The van der Waals surface area contributed by atoms with Gasteiger partial charge in [0.2, 0.25) is 5.91 Å². The van der Waals surface area contributed by atoms with Gasteiger partial charge in [0.05, 0.1) is 10.2 Å². The third-order valence-electron chi connectivity index (χ3n) is 6.44. The van der Waals surface area contributed by atoms with Gasteiger partial charge in [-0.05, 0) is 37.3 Å². The van der Waals surface area contributed by atoms with E-state index in [-0.39, 0.29) is 17.1 Å². The molecule has 1 amide bonds. The number of carbonyl (C=O) groups is 2. The van der Waals surface area contributed by atoms with Crippen LogP contribution in [0.3, 0.4) is 0 Å². The van der Waals surface area contributed by atoms with Crippen molar-refractivity contribution in [2.75, 3.05) is 5.32 Å². The van der Waals surface area contributed by atoms with Crippen LogP contribution in [0.15, 0.2) is 24.3 Å². The summed E-state index contributed by atoms with van der Waals surface area (Å²) in [4.78, 5) is 25.4. The standard InChI is InChI=1S/C18H22BrNO2/c1-11-5-7-12(8-6-11)20-15(22)18-10-9-17(4,16(18,2)3)14(21)13(18)19/h5-8,13H,9-10H2,1-4H3,(H,20,22)/t13-,17-,18+/m1/s1. The summed E-state index contributed by atoms with van der Waals surface area (Å²) in [5, 5.41) is 3.03. The number of hydrogen-bond acceptors (Lipinski definition) is 2. The van der Waals surface area contributed by atoms with Gasteiger partial charge < -0.3 is 5.32 Å². The Morgan fingerprint density at radius 3 is 2.27 bits per heavy atom. The van der Waals surface area contributed by atoms with Crippen LogP contribution in [0.1, 0.15) is 39.2 Å². The molecule has 2 fully saturated rings. The number of rotatable bonds is 2. The van der Waals surface area contributed by atoms with Crippen LogP contribution in [0.5, 0.6) is 0 Å². The first-order valence-corrected chi connectivity index (χ1v) is 8.65. The highest BCUT2D eigenvalue weighted by atomic mass is 79.9. The Morgan fingerprint density at radius 1 is 1.18 bits per heavy atom. The maximum Gasteiger partial charge on any atom is 0.232 e. The molecule has 2 saturated carbocycles. The quantitative estimate of drug-likeness (QED) is 0.804. The molecule has 0 radical (unpaired) electrons. The van der Waals surface area contributed by atoms with Gasteiger partial charge in [-0.25, -0.2) is 0 Å². The van der Waals surface area contributed by atoms with E-state index in [0.717, 1.165) is 24.1 Å². The minimum Gasteiger partial charge on any atom is -0.326 e. The van der Waals surface area contributed by atoms with E-state index in [4.69, 9.17) is 0 Å². The summed E-state index contributed by atoms with van der Waals surface area (Å²) in [5.41, 5.74) is 0.475. The van der Waals surface area contributed by atoms with E-state index in [1.165, 1.54) is 0 Å². The van der Waals surface area contributed by atoms with Crippen molar-refractivity contribution in [2.24, 2.45) is 16.2 Å². The molecule has 1 aromatic rings. The average Bonchev–Trinajstić information content (AvgIpc) is 2.74. The van der Waals surface area contributed by atoms with Crippen LogP contribution < -0.4 is 5.32 Å². The Morgan fingerprint density at radius 2 is 1.77 bits per heavy atom. The van der Waals surface area contributed by atoms with Gasteiger partial charge in [0.15, 0.2) is 5.78 Å². The van der Waals surface area contributed by atoms with Crippen molar-refractivity contribution in [1.82, 2.24) is 0 Å². The number of amides is 1. The van der Waals surface area contributed by atoms with E-state index in [0.29, 0.717) is 0 Å². The Labute approximate surface area is 140 Å². The first kappa shape index (κ1) is 15.7. The summed E-state index contributed by atoms with van der Waals surface area (Å²) in [6.07, 6.45) is 1.53. The summed E-state index contributed by atoms with van der Waals surface area (Å²) in [5.74, 6) is 0.126. The molecule has 1 aromatic carbocycles. The summed E-state index contributed by atoms with van der Waals surface area (Å²) in [6, 6.07) is 7.77. The second-order valence-corrected chi connectivity index (χ2v) is 8.39. The van der Waals surface area contributed by atoms with Gasteiger partial charge in [-0.15, -0.1) is 0 Å². The highest BCUT2D eigenvalue weighted by Crippen LogP contribution is 2.72. The number of Topliss-reactive ketones (excluding diaryl/α,β-unsaturated/α-hetero) is 1. The van der Waals surface area contributed by atoms with Crippen LogP contribution >= 0.6 is 15.9 Å². The van der Waals surface area contributed by atoms with E-state index in [9.17, 15) is 9.59 Å². The SMILES string of the molecule is Cc1ccc(NC(=O)[C@]23CC[C@](C)(C(=O)[C@H]2Br)C3(C)C)cc1. The lowest BCUT2D eigenvalue weighted by Gasteiger charge is -2.39. The third-order valence-corrected chi connectivity index (χ3v) is 7.63. The Hall–Kier alpha value is -1.16. The lowest BCUT2D eigenvalue weighted by atomic mass is 9.64. The number of alkyl halides is 1. The fourth-order valence-corrected chi connectivity index (χ4v) is 5.85. The second-order valence-electron chi connectivity index (χ2n) is 7.48. The largest absolute Gasteiger partial charge is 0.326 e. The maximum absolute atomic E-state index is 13.1. The molecule has 0 heterocycles. The fourth-order valence-electron chi connectivity index (χ4n) is 4.33. The molecule has 2 aliphatic rings. The number of carbonyl (C=O) groups excluding carboxylic acids is 2. The smallest absolute Gasteiger partial charge is 0.232 e. The van der Waals surface area contributed by atoms with E-state index in [2.05, 4.69) is 35.1 Å². The monoisotopic (exact) mass is 363 g/mol. The van der Waals surface area contributed by atoms with Crippen molar-refractivity contribution in [3.63, 3.8) is 0 Å². The van der Waals surface area contributed by atoms with Gasteiger partial charge in [-0.3, -0.25) is 9.59 Å². The molecule has 0 unspecified atom stereocenters. The van der Waals surface area contributed by atoms with Crippen LogP contribution in [0.2, 0.25) is 0 Å². The molecule has 3 atom stereocenters. The normalized spacial score (nSPS) is 35.7. The molecular formula is C18H22BrNO2. The van der Waals surface area contributed by atoms with Gasteiger partial charge in [0.1, 0.15) is 0 Å². The fraction of sp³-hybridized carbons (Fsp3) is 0.556. The topological polar surface area (TPSA) is 46.2 Å². The number of ketones is 1. The molecular weight excluding hydrogens is 342 g/mol. The molecule has 0 aliphatic heterocycles. The van der Waals surface area contributed by atoms with Crippen LogP contribution in [-0.4, -0.2) is 16.5 Å². The Bertz CT molecular complexity index is 652. The van der Waals surface area contributed by atoms with Crippen LogP contribution in [-0.2, 0) is 9.59 Å². The molecule has 0 aromatic heterocycles. The van der Waals surface area contributed by atoms with Crippen molar-refractivity contribution >= 4 is 33.3 Å². The number of hydrogen-bond donors (Lipinski definition) is 1. The lowest BCUT2D eigenvalue weighted by molar-refractivity contribution is -0.130. The molecule has 22 heavy (non-hydrogen) atoms. The molecule has 2 aliphatic carbocycles. The summed E-state index contributed by atoms with van der Waals surface area (Å²) >= 11 is 3.54. The molecule has 118 valence electrons. The number of benzene rings is 1. The van der Waals surface area contributed by atoms with E-state index in [1.54, 1.807) is 0 Å². The van der Waals surface area contributed by atoms with Crippen molar-refractivity contribution in [3.8, 4) is 0 Å². The van der Waals surface area contributed by atoms with E-state index >= 15 is 0 Å². The molecule has 4 heteroatoms. The zero-order chi connectivity index (χ0) is 16.3. The molecule has 0 spiro atoms. The molecule has 3 nitrogen and oxygen atoms in total. The Kier molecular flexibility index (Phi) is 3.34. The molecule has 1 N–H and O–H groups in total. The second kappa shape index (κ2) is 4.67. The number of aryl methyl sites for hydroxylation is 1. The van der Waals surface area contributed by atoms with Crippen molar-refractivity contribution < 1.29 is 9.59 Å². The Balaban J connectivity index is 1.97. The predicted molar refractivity (Wildman–Crippen MR) is 91.1 cm³/mol. The van der Waals surface area contributed by atoms with Crippen LogP contribution in [0, 0.1) is 23.2 Å². The van der Waals surface area contributed by atoms with Gasteiger partial charge in [0.25, 0.3) is 0 Å². The molecule has 0 saturated heterocycles. The number of fused-ring (bicyclic) bond motifs is 2. The highest BCUT2D eigenvalue weighted by Gasteiger charge is 2.76. The highest BCUT2D eigenvalue weighted by molar-refractivity contribution is 9.10. The lowest BCUT2D eigenvalue weighted by Crippen LogP contribution is -2.47. The zero-order valence-corrected chi connectivity index (χ0v) is 15.1. The summed E-state index contributed by atoms with van der Waals surface area (Å²) < 4.78 is 0. The van der Waals surface area contributed by atoms with Gasteiger partial charge in [-0.1, -0.05) is 54.4 Å². The number of halogens is 1. The minimum atomic E-state index is -0.677. The summed E-state index contributed by atoms with van der Waals surface area (Å²) in [7, 11) is 0. The predicted octanol–water partition coefficient (Wildman–Crippen LogP) is 4.09. The van der Waals surface area contributed by atoms with Crippen molar-refractivity contribution in [3.05, 3.63) is 29.8 Å². The number of nitrogens with one attached hydrogen (secondary N) is 1. The first-order chi connectivity index (χ1) is 10.2. The van der Waals surface area contributed by atoms with Gasteiger partial charge in [-0.2, -0.15) is 0 Å². The minimum absolute atomic E-state index is 0.0437. The van der Waals surface area contributed by atoms with Crippen LogP contribution in [0.25, 0.3) is 0 Å². The number of anilines is 1. The van der Waals surface area contributed by atoms with Crippen LogP contribution in [0.4, 0.5) is 5.69 Å². The molecule has 3 rings (SSSR count). The average molecular weight is 364 g/mol. The van der Waals surface area contributed by atoms with Crippen molar-refractivity contribution in [1.29, 1.82) is 0 Å². The zero-order valence-electron chi connectivity index (χ0n) is 13.5. The van der Waals surface area contributed by atoms with Gasteiger partial charge >= 0.3 is 0 Å². The van der Waals surface area contributed by atoms with Crippen molar-refractivity contribution in [2.45, 2.75) is 45.4 Å². The van der Waals surface area contributed by atoms with Gasteiger partial charge in [0, 0.05) is 11.1 Å². The third kappa shape index (κ3) is 1.67. The first-order valence-electron chi connectivity index (χ1n) is 7.73. The molecule has 2 bridgehead atoms. The summed E-state index contributed by atoms with van der Waals surface area (Å²) in [6.45, 7) is 8.15. The maximum atomic E-state index is 13.1.